The second-order valence-corrected chi connectivity index (χ2v) is 6.95. The fourth-order valence-electron chi connectivity index (χ4n) is 3.19. The van der Waals surface area contributed by atoms with Crippen LogP contribution in [0.4, 0.5) is 5.69 Å². The number of hydrogen-bond acceptors (Lipinski definition) is 5. The molecule has 1 saturated heterocycles. The molecule has 1 aliphatic heterocycles. The molecular formula is C19H27N3O4. The first-order chi connectivity index (χ1) is 12.6. The van der Waals surface area contributed by atoms with Gasteiger partial charge in [-0.3, -0.25) is 14.5 Å². The van der Waals surface area contributed by atoms with E-state index in [1.807, 2.05) is 0 Å². The molecule has 7 nitrogen and oxygen atoms in total. The van der Waals surface area contributed by atoms with E-state index in [0.717, 1.165) is 38.8 Å². The number of nitrogens with one attached hydrogen (secondary N) is 2. The molecule has 1 heterocycles. The van der Waals surface area contributed by atoms with E-state index in [0.29, 0.717) is 29.8 Å². The molecule has 0 spiro atoms. The van der Waals surface area contributed by atoms with Crippen LogP contribution in [0.5, 0.6) is 11.5 Å². The van der Waals surface area contributed by atoms with E-state index in [-0.39, 0.29) is 17.7 Å². The van der Waals surface area contributed by atoms with E-state index in [4.69, 9.17) is 9.47 Å². The highest BCUT2D eigenvalue weighted by Crippen LogP contribution is 2.29. The number of rotatable bonds is 7. The summed E-state index contributed by atoms with van der Waals surface area (Å²) in [6, 6.07) is 5.69. The van der Waals surface area contributed by atoms with Crippen LogP contribution in [0.1, 0.15) is 25.7 Å². The Balaban J connectivity index is 1.46. The standard InChI is InChI=1S/C19H27N3O4/c1-25-15-5-6-16(17(11-15)26-2)21-18(23)12-22-9-7-13(8-10-22)19(24)20-14-3-4-14/h5-6,11,13-14H,3-4,7-10,12H2,1-2H3,(H,20,24)(H,21,23). The van der Waals surface area contributed by atoms with Gasteiger partial charge in [-0.1, -0.05) is 0 Å². The van der Waals surface area contributed by atoms with Crippen molar-refractivity contribution in [2.24, 2.45) is 5.92 Å². The summed E-state index contributed by atoms with van der Waals surface area (Å²) in [4.78, 5) is 26.6. The highest BCUT2D eigenvalue weighted by molar-refractivity contribution is 5.93. The van der Waals surface area contributed by atoms with Gasteiger partial charge in [-0.2, -0.15) is 0 Å². The largest absolute Gasteiger partial charge is 0.497 e. The van der Waals surface area contributed by atoms with E-state index >= 15 is 0 Å². The number of benzene rings is 1. The van der Waals surface area contributed by atoms with E-state index in [2.05, 4.69) is 15.5 Å². The highest BCUT2D eigenvalue weighted by atomic mass is 16.5. The van der Waals surface area contributed by atoms with Gasteiger partial charge in [-0.05, 0) is 50.9 Å². The molecule has 0 unspecified atom stereocenters. The van der Waals surface area contributed by atoms with Crippen LogP contribution in [0, 0.1) is 5.92 Å². The Hall–Kier alpha value is -2.28. The molecule has 7 heteroatoms. The number of nitrogens with zero attached hydrogens (tertiary/aromatic N) is 1. The predicted molar refractivity (Wildman–Crippen MR) is 98.5 cm³/mol. The summed E-state index contributed by atoms with van der Waals surface area (Å²) in [6.07, 6.45) is 3.83. The fraction of sp³-hybridized carbons (Fsp3) is 0.579. The minimum atomic E-state index is -0.0886. The molecule has 0 atom stereocenters. The van der Waals surface area contributed by atoms with Gasteiger partial charge in [0.25, 0.3) is 0 Å². The third-order valence-electron chi connectivity index (χ3n) is 4.93. The summed E-state index contributed by atoms with van der Waals surface area (Å²) in [6.45, 7) is 1.83. The maximum atomic E-state index is 12.4. The number of carbonyl (C=O) groups is 2. The van der Waals surface area contributed by atoms with Crippen molar-refractivity contribution in [2.45, 2.75) is 31.7 Å². The summed E-state index contributed by atoms with van der Waals surface area (Å²) in [5.74, 6) is 1.41. The molecule has 2 fully saturated rings. The number of ether oxygens (including phenoxy) is 2. The summed E-state index contributed by atoms with van der Waals surface area (Å²) in [7, 11) is 3.14. The minimum Gasteiger partial charge on any atom is -0.497 e. The van der Waals surface area contributed by atoms with Gasteiger partial charge in [0.1, 0.15) is 11.5 Å². The van der Waals surface area contributed by atoms with Crippen molar-refractivity contribution in [1.29, 1.82) is 0 Å². The third-order valence-corrected chi connectivity index (χ3v) is 4.93. The van der Waals surface area contributed by atoms with E-state index in [9.17, 15) is 9.59 Å². The first-order valence-electron chi connectivity index (χ1n) is 9.13. The van der Waals surface area contributed by atoms with Gasteiger partial charge in [-0.25, -0.2) is 0 Å². The van der Waals surface area contributed by atoms with Crippen molar-refractivity contribution < 1.29 is 19.1 Å². The van der Waals surface area contributed by atoms with Gasteiger partial charge in [0.05, 0.1) is 26.5 Å². The van der Waals surface area contributed by atoms with Crippen molar-refractivity contribution in [3.8, 4) is 11.5 Å². The van der Waals surface area contributed by atoms with E-state index in [1.54, 1.807) is 32.4 Å². The summed E-state index contributed by atoms with van der Waals surface area (Å²) in [5.41, 5.74) is 0.622. The number of hydrogen-bond donors (Lipinski definition) is 2. The van der Waals surface area contributed by atoms with Gasteiger partial charge < -0.3 is 20.1 Å². The molecule has 2 amide bonds. The Kier molecular flexibility index (Phi) is 5.98. The maximum absolute atomic E-state index is 12.4. The zero-order valence-corrected chi connectivity index (χ0v) is 15.4. The number of amides is 2. The topological polar surface area (TPSA) is 79.9 Å². The van der Waals surface area contributed by atoms with Crippen molar-refractivity contribution in [3.63, 3.8) is 0 Å². The zero-order chi connectivity index (χ0) is 18.5. The molecule has 142 valence electrons. The highest BCUT2D eigenvalue weighted by Gasteiger charge is 2.30. The first-order valence-corrected chi connectivity index (χ1v) is 9.13. The first kappa shape index (κ1) is 18.5. The quantitative estimate of drug-likeness (QED) is 0.772. The third kappa shape index (κ3) is 4.88. The van der Waals surface area contributed by atoms with Gasteiger partial charge in [0.15, 0.2) is 0 Å². The molecule has 1 aromatic carbocycles. The predicted octanol–water partition coefficient (Wildman–Crippen LogP) is 1.63. The van der Waals surface area contributed by atoms with Gasteiger partial charge >= 0.3 is 0 Å². The molecule has 3 rings (SSSR count). The average Bonchev–Trinajstić information content (AvgIpc) is 3.46. The van der Waals surface area contributed by atoms with Crippen LogP contribution in [0.3, 0.4) is 0 Å². The monoisotopic (exact) mass is 361 g/mol. The number of methoxy groups -OCH3 is 2. The molecule has 2 N–H and O–H groups in total. The number of piperidine rings is 1. The summed E-state index contributed by atoms with van der Waals surface area (Å²) >= 11 is 0. The van der Waals surface area contributed by atoms with Crippen molar-refractivity contribution in [1.82, 2.24) is 10.2 Å². The molecule has 0 radical (unpaired) electrons. The second kappa shape index (κ2) is 8.40. The van der Waals surface area contributed by atoms with Crippen LogP contribution < -0.4 is 20.1 Å². The normalized spacial score (nSPS) is 18.2. The maximum Gasteiger partial charge on any atom is 0.238 e. The smallest absolute Gasteiger partial charge is 0.238 e. The lowest BCUT2D eigenvalue weighted by Gasteiger charge is -2.30. The summed E-state index contributed by atoms with van der Waals surface area (Å²) < 4.78 is 10.5. The second-order valence-electron chi connectivity index (χ2n) is 6.95. The SMILES string of the molecule is COc1ccc(NC(=O)CN2CCC(C(=O)NC3CC3)CC2)c(OC)c1. The molecular weight excluding hydrogens is 334 g/mol. The van der Waals surface area contributed by atoms with Crippen LogP contribution in [-0.2, 0) is 9.59 Å². The minimum absolute atomic E-state index is 0.0802. The Morgan fingerprint density at radius 3 is 2.46 bits per heavy atom. The number of likely N-dealkylation sites (tertiary alicyclic amines) is 1. The summed E-state index contributed by atoms with van der Waals surface area (Å²) in [5, 5.41) is 5.96. The average molecular weight is 361 g/mol. The van der Waals surface area contributed by atoms with E-state index in [1.165, 1.54) is 0 Å². The lowest BCUT2D eigenvalue weighted by atomic mass is 9.96. The Labute approximate surface area is 154 Å². The number of anilines is 1. The molecule has 1 aromatic rings. The van der Waals surface area contributed by atoms with Crippen LogP contribution in [0.25, 0.3) is 0 Å². The van der Waals surface area contributed by atoms with E-state index < -0.39 is 0 Å². The van der Waals surface area contributed by atoms with Crippen LogP contribution in [-0.4, -0.2) is 56.6 Å². The molecule has 1 saturated carbocycles. The molecule has 26 heavy (non-hydrogen) atoms. The zero-order valence-electron chi connectivity index (χ0n) is 15.4. The van der Waals surface area contributed by atoms with Crippen LogP contribution >= 0.6 is 0 Å². The fourth-order valence-corrected chi connectivity index (χ4v) is 3.19. The molecule has 1 aliphatic carbocycles. The Morgan fingerprint density at radius 1 is 1.12 bits per heavy atom. The van der Waals surface area contributed by atoms with Crippen LogP contribution in [0.2, 0.25) is 0 Å². The van der Waals surface area contributed by atoms with Crippen molar-refractivity contribution in [3.05, 3.63) is 18.2 Å². The van der Waals surface area contributed by atoms with Crippen LogP contribution in [0.15, 0.2) is 18.2 Å². The Bertz CT molecular complexity index is 652. The molecule has 2 aliphatic rings. The molecule has 0 aromatic heterocycles. The lowest BCUT2D eigenvalue weighted by molar-refractivity contribution is -0.126. The molecule has 0 bridgehead atoms. The lowest BCUT2D eigenvalue weighted by Crippen LogP contribution is -2.43. The van der Waals surface area contributed by atoms with Gasteiger partial charge in [-0.15, -0.1) is 0 Å². The Morgan fingerprint density at radius 2 is 1.85 bits per heavy atom. The van der Waals surface area contributed by atoms with Gasteiger partial charge in [0, 0.05) is 18.0 Å². The number of carbonyl (C=O) groups excluding carboxylic acids is 2. The van der Waals surface area contributed by atoms with Crippen molar-refractivity contribution >= 4 is 17.5 Å². The van der Waals surface area contributed by atoms with Gasteiger partial charge in [0.2, 0.25) is 11.8 Å². The van der Waals surface area contributed by atoms with Crippen molar-refractivity contribution in [2.75, 3.05) is 39.2 Å².